The van der Waals surface area contributed by atoms with Crippen LogP contribution in [0.1, 0.15) is 6.42 Å². The SMILES string of the molecule is CNC1CCN(c2ccnc3cc(Cl)ccc23)C1. The number of pyridine rings is 1. The van der Waals surface area contributed by atoms with Gasteiger partial charge in [-0.05, 0) is 37.7 Å². The fourth-order valence-corrected chi connectivity index (χ4v) is 2.76. The van der Waals surface area contributed by atoms with E-state index in [-0.39, 0.29) is 0 Å². The molecule has 0 amide bonds. The van der Waals surface area contributed by atoms with E-state index < -0.39 is 0 Å². The summed E-state index contributed by atoms with van der Waals surface area (Å²) in [6.45, 7) is 2.14. The number of nitrogens with one attached hydrogen (secondary N) is 1. The van der Waals surface area contributed by atoms with Gasteiger partial charge < -0.3 is 10.2 Å². The number of rotatable bonds is 2. The van der Waals surface area contributed by atoms with Gasteiger partial charge in [0.25, 0.3) is 0 Å². The molecule has 1 saturated heterocycles. The van der Waals surface area contributed by atoms with Crippen LogP contribution < -0.4 is 10.2 Å². The molecule has 2 aromatic rings. The van der Waals surface area contributed by atoms with Crippen LogP contribution in [-0.2, 0) is 0 Å². The average Bonchev–Trinajstić information content (AvgIpc) is 2.86. The number of hydrogen-bond donors (Lipinski definition) is 1. The van der Waals surface area contributed by atoms with Gasteiger partial charge in [-0.3, -0.25) is 4.98 Å². The first-order valence-corrected chi connectivity index (χ1v) is 6.62. The normalized spacial score (nSPS) is 19.7. The van der Waals surface area contributed by atoms with Gasteiger partial charge >= 0.3 is 0 Å². The Morgan fingerprint density at radius 2 is 2.28 bits per heavy atom. The number of aromatic nitrogens is 1. The van der Waals surface area contributed by atoms with Crippen LogP contribution in [0.25, 0.3) is 10.9 Å². The van der Waals surface area contributed by atoms with Crippen molar-refractivity contribution in [1.29, 1.82) is 0 Å². The fraction of sp³-hybridized carbons (Fsp3) is 0.357. The van der Waals surface area contributed by atoms with Gasteiger partial charge in [-0.2, -0.15) is 0 Å². The second kappa shape index (κ2) is 4.75. The number of anilines is 1. The third kappa shape index (κ3) is 2.04. The second-order valence-electron chi connectivity index (χ2n) is 4.71. The van der Waals surface area contributed by atoms with Crippen LogP contribution in [0, 0.1) is 0 Å². The number of likely N-dealkylation sites (N-methyl/N-ethyl adjacent to an activating group) is 1. The molecule has 1 unspecified atom stereocenters. The molecule has 0 aliphatic carbocycles. The summed E-state index contributed by atoms with van der Waals surface area (Å²) < 4.78 is 0. The smallest absolute Gasteiger partial charge is 0.0737 e. The van der Waals surface area contributed by atoms with Crippen molar-refractivity contribution < 1.29 is 0 Å². The zero-order valence-electron chi connectivity index (χ0n) is 10.4. The van der Waals surface area contributed by atoms with Crippen molar-refractivity contribution in [2.24, 2.45) is 0 Å². The topological polar surface area (TPSA) is 28.2 Å². The van der Waals surface area contributed by atoms with Gasteiger partial charge in [-0.15, -0.1) is 0 Å². The van der Waals surface area contributed by atoms with Crippen molar-refractivity contribution in [3.63, 3.8) is 0 Å². The lowest BCUT2D eigenvalue weighted by atomic mass is 10.2. The molecule has 18 heavy (non-hydrogen) atoms. The minimum absolute atomic E-state index is 0.584. The zero-order chi connectivity index (χ0) is 12.5. The van der Waals surface area contributed by atoms with Gasteiger partial charge in [0, 0.05) is 41.4 Å². The molecule has 0 bridgehead atoms. The summed E-state index contributed by atoms with van der Waals surface area (Å²) in [6, 6.07) is 8.59. The van der Waals surface area contributed by atoms with Gasteiger partial charge in [0.05, 0.1) is 5.52 Å². The molecule has 2 heterocycles. The monoisotopic (exact) mass is 261 g/mol. The van der Waals surface area contributed by atoms with E-state index in [2.05, 4.69) is 27.3 Å². The summed E-state index contributed by atoms with van der Waals surface area (Å²) in [7, 11) is 2.03. The molecule has 1 aromatic heterocycles. The van der Waals surface area contributed by atoms with Crippen molar-refractivity contribution in [2.75, 3.05) is 25.0 Å². The number of fused-ring (bicyclic) bond motifs is 1. The summed E-state index contributed by atoms with van der Waals surface area (Å²) >= 11 is 6.01. The molecular formula is C14H16ClN3. The lowest BCUT2D eigenvalue weighted by Gasteiger charge is -2.20. The molecule has 0 spiro atoms. The first-order chi connectivity index (χ1) is 8.78. The third-order valence-corrected chi connectivity index (χ3v) is 3.85. The van der Waals surface area contributed by atoms with Crippen LogP contribution >= 0.6 is 11.6 Å². The van der Waals surface area contributed by atoms with Crippen LogP contribution in [0.15, 0.2) is 30.5 Å². The van der Waals surface area contributed by atoms with Crippen molar-refractivity contribution in [1.82, 2.24) is 10.3 Å². The Morgan fingerprint density at radius 1 is 1.39 bits per heavy atom. The summed E-state index contributed by atoms with van der Waals surface area (Å²) in [5.74, 6) is 0. The molecule has 1 atom stereocenters. The van der Waals surface area contributed by atoms with Gasteiger partial charge in [0.1, 0.15) is 0 Å². The van der Waals surface area contributed by atoms with Crippen molar-refractivity contribution >= 4 is 28.2 Å². The van der Waals surface area contributed by atoms with Gasteiger partial charge in [-0.1, -0.05) is 11.6 Å². The number of nitrogens with zero attached hydrogens (tertiary/aromatic N) is 2. The predicted molar refractivity (Wildman–Crippen MR) is 76.4 cm³/mol. The van der Waals surface area contributed by atoms with E-state index in [1.807, 2.05) is 25.4 Å². The fourth-order valence-electron chi connectivity index (χ4n) is 2.60. The van der Waals surface area contributed by atoms with Gasteiger partial charge in [-0.25, -0.2) is 0 Å². The molecule has 1 aliphatic heterocycles. The second-order valence-corrected chi connectivity index (χ2v) is 5.15. The molecule has 3 nitrogen and oxygen atoms in total. The van der Waals surface area contributed by atoms with E-state index in [1.165, 1.54) is 17.5 Å². The molecule has 1 aromatic carbocycles. The highest BCUT2D eigenvalue weighted by Crippen LogP contribution is 2.29. The van der Waals surface area contributed by atoms with E-state index in [4.69, 9.17) is 11.6 Å². The maximum atomic E-state index is 6.01. The molecule has 1 fully saturated rings. The van der Waals surface area contributed by atoms with Crippen molar-refractivity contribution in [3.8, 4) is 0 Å². The maximum absolute atomic E-state index is 6.01. The summed E-state index contributed by atoms with van der Waals surface area (Å²) in [4.78, 5) is 6.80. The van der Waals surface area contributed by atoms with Crippen LogP contribution in [0.3, 0.4) is 0 Å². The van der Waals surface area contributed by atoms with Gasteiger partial charge in [0.2, 0.25) is 0 Å². The van der Waals surface area contributed by atoms with Crippen molar-refractivity contribution in [3.05, 3.63) is 35.5 Å². The summed E-state index contributed by atoms with van der Waals surface area (Å²) in [5.41, 5.74) is 2.22. The predicted octanol–water partition coefficient (Wildman–Crippen LogP) is 2.69. The first-order valence-electron chi connectivity index (χ1n) is 6.24. The van der Waals surface area contributed by atoms with E-state index in [0.29, 0.717) is 6.04 Å². The zero-order valence-corrected chi connectivity index (χ0v) is 11.1. The number of benzene rings is 1. The Kier molecular flexibility index (Phi) is 3.10. The minimum atomic E-state index is 0.584. The number of halogens is 1. The Balaban J connectivity index is 2.02. The van der Waals surface area contributed by atoms with Crippen LogP contribution in [-0.4, -0.2) is 31.2 Å². The largest absolute Gasteiger partial charge is 0.369 e. The standard InChI is InChI=1S/C14H16ClN3/c1-16-11-5-7-18(9-11)14-4-6-17-13-8-10(15)2-3-12(13)14/h2-4,6,8,11,16H,5,7,9H2,1H3. The Labute approximate surface area is 112 Å². The van der Waals surface area contributed by atoms with Gasteiger partial charge in [0.15, 0.2) is 0 Å². The third-order valence-electron chi connectivity index (χ3n) is 3.62. The lowest BCUT2D eigenvalue weighted by molar-refractivity contribution is 0.617. The highest BCUT2D eigenvalue weighted by atomic mass is 35.5. The Morgan fingerprint density at radius 3 is 3.06 bits per heavy atom. The van der Waals surface area contributed by atoms with E-state index >= 15 is 0 Å². The van der Waals surface area contributed by atoms with E-state index in [1.54, 1.807) is 0 Å². The van der Waals surface area contributed by atoms with E-state index in [0.717, 1.165) is 23.6 Å². The molecule has 0 radical (unpaired) electrons. The highest BCUT2D eigenvalue weighted by Gasteiger charge is 2.22. The maximum Gasteiger partial charge on any atom is 0.0737 e. The quantitative estimate of drug-likeness (QED) is 0.901. The molecule has 0 saturated carbocycles. The summed E-state index contributed by atoms with van der Waals surface area (Å²) in [6.07, 6.45) is 3.05. The average molecular weight is 262 g/mol. The molecular weight excluding hydrogens is 246 g/mol. The molecule has 4 heteroatoms. The minimum Gasteiger partial charge on any atom is -0.369 e. The molecule has 3 rings (SSSR count). The van der Waals surface area contributed by atoms with Crippen LogP contribution in [0.5, 0.6) is 0 Å². The lowest BCUT2D eigenvalue weighted by Crippen LogP contribution is -2.29. The van der Waals surface area contributed by atoms with Crippen LogP contribution in [0.2, 0.25) is 5.02 Å². The summed E-state index contributed by atoms with van der Waals surface area (Å²) in [5, 5.41) is 5.26. The molecule has 1 aliphatic rings. The first kappa shape index (κ1) is 11.8. The Bertz CT molecular complexity index is 570. The number of hydrogen-bond acceptors (Lipinski definition) is 3. The van der Waals surface area contributed by atoms with E-state index in [9.17, 15) is 0 Å². The Hall–Kier alpha value is -1.32. The van der Waals surface area contributed by atoms with Crippen LogP contribution in [0.4, 0.5) is 5.69 Å². The molecule has 94 valence electrons. The molecule has 1 N–H and O–H groups in total. The van der Waals surface area contributed by atoms with Crippen molar-refractivity contribution in [2.45, 2.75) is 12.5 Å². The highest BCUT2D eigenvalue weighted by molar-refractivity contribution is 6.31.